The van der Waals surface area contributed by atoms with Crippen molar-refractivity contribution in [2.45, 2.75) is 0 Å². The van der Waals surface area contributed by atoms with Gasteiger partial charge in [0.15, 0.2) is 0 Å². The second kappa shape index (κ2) is 8.93. The van der Waals surface area contributed by atoms with Gasteiger partial charge in [-0.05, 0) is 6.61 Å². The van der Waals surface area contributed by atoms with Crippen LogP contribution in [0.15, 0.2) is 12.8 Å². The maximum Gasteiger partial charge on any atom is 1.00 e. The van der Waals surface area contributed by atoms with Crippen LogP contribution in [0.2, 0.25) is 0 Å². The third-order valence-electron chi connectivity index (χ3n) is 0.236. The summed E-state index contributed by atoms with van der Waals surface area (Å²) in [6, 6.07) is 0. The maximum absolute atomic E-state index is 4.49. The normalized spacial score (nSPS) is 5.50. The largest absolute Gasteiger partial charge is 1.00 e. The Bertz CT molecular complexity index is 28.7. The zero-order chi connectivity index (χ0) is 4.12. The molecule has 0 aromatic carbocycles. The Morgan fingerprint density at radius 3 is 2.33 bits per heavy atom. The molecule has 0 aromatic rings. The van der Waals surface area contributed by atoms with E-state index in [2.05, 4.69) is 18.2 Å². The number of ether oxygens (including phenoxy) is 1. The van der Waals surface area contributed by atoms with Crippen LogP contribution in [0.5, 0.6) is 0 Å². The summed E-state index contributed by atoms with van der Waals surface area (Å²) < 4.78 is 4.49. The zero-order valence-electron chi connectivity index (χ0n) is 4.11. The topological polar surface area (TPSA) is 9.23 Å². The van der Waals surface area contributed by atoms with Crippen LogP contribution in [0.4, 0.5) is 0 Å². The third kappa shape index (κ3) is 8.91. The molecule has 0 aliphatic heterocycles. The summed E-state index contributed by atoms with van der Waals surface area (Å²) in [6.07, 6.45) is 1.37. The summed E-state index contributed by atoms with van der Waals surface area (Å²) in [5, 5.41) is 0. The second-order valence-electron chi connectivity index (χ2n) is 0.537. The molecule has 0 saturated carbocycles. The number of rotatable bonds is 2. The van der Waals surface area contributed by atoms with Crippen molar-refractivity contribution < 1.29 is 23.6 Å². The Morgan fingerprint density at radius 2 is 2.33 bits per heavy atom. The van der Waals surface area contributed by atoms with Gasteiger partial charge in [-0.25, -0.2) is 0 Å². The molecule has 0 atom stereocenters. The molecular formula is C4H7LiO. The number of hydrogen-bond donors (Lipinski definition) is 0. The molecule has 0 aromatic heterocycles. The van der Waals surface area contributed by atoms with E-state index in [1.807, 2.05) is 0 Å². The summed E-state index contributed by atoms with van der Waals surface area (Å²) >= 11 is 0. The van der Waals surface area contributed by atoms with E-state index in [4.69, 9.17) is 0 Å². The minimum Gasteiger partial charge on any atom is -0.534 e. The Kier molecular flexibility index (Phi) is 14.1. The predicted octanol–water partition coefficient (Wildman–Crippen LogP) is -2.02. The fraction of sp³-hybridized carbons (Fsp3) is 0.250. The first kappa shape index (κ1) is 9.46. The molecule has 0 amide bonds. The average Bonchev–Trinajstić information content (AvgIpc) is 1.41. The van der Waals surface area contributed by atoms with Gasteiger partial charge in [-0.1, -0.05) is 6.58 Å². The van der Waals surface area contributed by atoms with Gasteiger partial charge in [0.2, 0.25) is 0 Å². The molecule has 0 bridgehead atoms. The molecule has 0 fully saturated rings. The van der Waals surface area contributed by atoms with Crippen LogP contribution in [0.25, 0.3) is 0 Å². The first-order valence-corrected chi connectivity index (χ1v) is 1.43. The SMILES string of the molecule is C=COC[CH2-].[Li+]. The van der Waals surface area contributed by atoms with Crippen molar-refractivity contribution >= 4 is 0 Å². The van der Waals surface area contributed by atoms with Crippen LogP contribution >= 0.6 is 0 Å². The Hall–Kier alpha value is 0.137. The van der Waals surface area contributed by atoms with Gasteiger partial charge in [0, 0.05) is 0 Å². The van der Waals surface area contributed by atoms with Crippen molar-refractivity contribution in [3.8, 4) is 0 Å². The molecule has 0 radical (unpaired) electrons. The van der Waals surface area contributed by atoms with Crippen molar-refractivity contribution in [3.63, 3.8) is 0 Å². The third-order valence-corrected chi connectivity index (χ3v) is 0.236. The molecule has 1 nitrogen and oxygen atoms in total. The molecule has 0 rings (SSSR count). The van der Waals surface area contributed by atoms with Gasteiger partial charge < -0.3 is 11.7 Å². The minimum atomic E-state index is 0. The summed E-state index contributed by atoms with van der Waals surface area (Å²) in [5.74, 6) is 0. The van der Waals surface area contributed by atoms with Crippen molar-refractivity contribution in [1.82, 2.24) is 0 Å². The van der Waals surface area contributed by atoms with Crippen molar-refractivity contribution in [2.75, 3.05) is 6.61 Å². The van der Waals surface area contributed by atoms with Gasteiger partial charge in [-0.15, -0.1) is 0 Å². The number of hydrogen-bond acceptors (Lipinski definition) is 1. The van der Waals surface area contributed by atoms with Crippen LogP contribution in [0.3, 0.4) is 0 Å². The second-order valence-corrected chi connectivity index (χ2v) is 0.537. The molecule has 0 spiro atoms. The van der Waals surface area contributed by atoms with Crippen LogP contribution in [-0.2, 0) is 4.74 Å². The molecule has 0 saturated heterocycles. The molecular weight excluding hydrogens is 71.0 g/mol. The van der Waals surface area contributed by atoms with Crippen LogP contribution in [0, 0.1) is 6.92 Å². The van der Waals surface area contributed by atoms with E-state index >= 15 is 0 Å². The van der Waals surface area contributed by atoms with E-state index < -0.39 is 0 Å². The van der Waals surface area contributed by atoms with Crippen molar-refractivity contribution in [3.05, 3.63) is 19.8 Å². The van der Waals surface area contributed by atoms with Gasteiger partial charge in [0.25, 0.3) is 0 Å². The van der Waals surface area contributed by atoms with E-state index in [1.165, 1.54) is 6.26 Å². The maximum atomic E-state index is 4.49. The molecule has 2 heteroatoms. The Labute approximate surface area is 50.6 Å². The average molecular weight is 78.0 g/mol. The van der Waals surface area contributed by atoms with Crippen LogP contribution in [-0.4, -0.2) is 6.61 Å². The molecule has 0 heterocycles. The molecule has 0 unspecified atom stereocenters. The summed E-state index contributed by atoms with van der Waals surface area (Å²) in [7, 11) is 0. The van der Waals surface area contributed by atoms with Gasteiger partial charge in [-0.3, -0.25) is 0 Å². The summed E-state index contributed by atoms with van der Waals surface area (Å²) in [4.78, 5) is 0. The van der Waals surface area contributed by atoms with Crippen LogP contribution in [0.1, 0.15) is 0 Å². The first-order chi connectivity index (χ1) is 2.41. The van der Waals surface area contributed by atoms with Gasteiger partial charge in [0.05, 0.1) is 6.26 Å². The molecule has 30 valence electrons. The van der Waals surface area contributed by atoms with Crippen LogP contribution < -0.4 is 18.9 Å². The van der Waals surface area contributed by atoms with Gasteiger partial charge in [0.1, 0.15) is 0 Å². The summed E-state index contributed by atoms with van der Waals surface area (Å²) in [6.45, 7) is 7.15. The van der Waals surface area contributed by atoms with E-state index in [0.29, 0.717) is 6.61 Å². The van der Waals surface area contributed by atoms with Gasteiger partial charge in [-0.2, -0.15) is 0 Å². The first-order valence-electron chi connectivity index (χ1n) is 1.43. The smallest absolute Gasteiger partial charge is 0.534 e. The van der Waals surface area contributed by atoms with E-state index in [9.17, 15) is 0 Å². The fourth-order valence-corrected chi connectivity index (χ4v) is 0.0833. The molecule has 0 aliphatic rings. The van der Waals surface area contributed by atoms with E-state index in [1.54, 1.807) is 0 Å². The minimum absolute atomic E-state index is 0. The van der Waals surface area contributed by atoms with E-state index in [-0.39, 0.29) is 18.9 Å². The molecule has 0 N–H and O–H groups in total. The zero-order valence-corrected chi connectivity index (χ0v) is 4.11. The van der Waals surface area contributed by atoms with E-state index in [0.717, 1.165) is 0 Å². The molecule has 6 heavy (non-hydrogen) atoms. The Balaban J connectivity index is 0. The van der Waals surface area contributed by atoms with Gasteiger partial charge >= 0.3 is 18.9 Å². The standard InChI is InChI=1S/C4H7O.Li/c1-3-5-4-2;/h3H,1-2,4H2;/q-1;+1. The van der Waals surface area contributed by atoms with Crippen molar-refractivity contribution in [1.29, 1.82) is 0 Å². The monoisotopic (exact) mass is 78.1 g/mol. The molecule has 0 aliphatic carbocycles. The summed E-state index contributed by atoms with van der Waals surface area (Å²) in [5.41, 5.74) is 0. The Morgan fingerprint density at radius 1 is 1.83 bits per heavy atom. The quantitative estimate of drug-likeness (QED) is 0.210. The van der Waals surface area contributed by atoms with Crippen molar-refractivity contribution in [2.24, 2.45) is 0 Å². The fourth-order valence-electron chi connectivity index (χ4n) is 0.0833. The predicted molar refractivity (Wildman–Crippen MR) is 21.5 cm³/mol.